The molecule has 6 nitrogen and oxygen atoms in total. The molecule has 0 saturated heterocycles. The zero-order valence-electron chi connectivity index (χ0n) is 8.98. The Labute approximate surface area is 91.9 Å². The van der Waals surface area contributed by atoms with Crippen LogP contribution in [0.2, 0.25) is 0 Å². The number of nitrogens with one attached hydrogen (secondary N) is 1. The standard InChI is InChI=1S/C10H12N2O4/c1-6(2)3-4-11-9(13)7-5-8(10(14)15)16-12-7/h3,5H,4H2,1-2H3,(H,11,13)(H,14,15). The van der Waals surface area contributed by atoms with Gasteiger partial charge in [0.25, 0.3) is 5.91 Å². The molecule has 1 heterocycles. The number of amides is 1. The van der Waals surface area contributed by atoms with E-state index in [-0.39, 0.29) is 11.5 Å². The summed E-state index contributed by atoms with van der Waals surface area (Å²) in [6.45, 7) is 4.19. The van der Waals surface area contributed by atoms with Crippen molar-refractivity contribution in [2.24, 2.45) is 0 Å². The van der Waals surface area contributed by atoms with Crippen LogP contribution in [0.4, 0.5) is 0 Å². The van der Waals surface area contributed by atoms with Crippen LogP contribution in [0.3, 0.4) is 0 Å². The van der Waals surface area contributed by atoms with Crippen LogP contribution in [0, 0.1) is 0 Å². The number of hydrogen-bond acceptors (Lipinski definition) is 4. The quantitative estimate of drug-likeness (QED) is 0.746. The fourth-order valence-corrected chi connectivity index (χ4v) is 0.921. The summed E-state index contributed by atoms with van der Waals surface area (Å²) in [7, 11) is 0. The Hall–Kier alpha value is -2.11. The maximum absolute atomic E-state index is 11.4. The van der Waals surface area contributed by atoms with Crippen molar-refractivity contribution in [2.45, 2.75) is 13.8 Å². The molecule has 0 unspecified atom stereocenters. The third-order valence-corrected chi connectivity index (χ3v) is 1.73. The molecule has 86 valence electrons. The van der Waals surface area contributed by atoms with E-state index in [1.54, 1.807) is 0 Å². The summed E-state index contributed by atoms with van der Waals surface area (Å²) in [5, 5.41) is 14.5. The molecule has 0 spiro atoms. The second-order valence-electron chi connectivity index (χ2n) is 3.37. The second-order valence-corrected chi connectivity index (χ2v) is 3.37. The molecule has 0 aliphatic rings. The van der Waals surface area contributed by atoms with E-state index < -0.39 is 11.9 Å². The average molecular weight is 224 g/mol. The number of rotatable bonds is 4. The highest BCUT2D eigenvalue weighted by atomic mass is 16.5. The average Bonchev–Trinajstić information content (AvgIpc) is 2.65. The summed E-state index contributed by atoms with van der Waals surface area (Å²) in [4.78, 5) is 21.9. The van der Waals surface area contributed by atoms with Gasteiger partial charge < -0.3 is 14.9 Å². The summed E-state index contributed by atoms with van der Waals surface area (Å²) in [5.41, 5.74) is 1.03. The molecular weight excluding hydrogens is 212 g/mol. The fraction of sp³-hybridized carbons (Fsp3) is 0.300. The smallest absolute Gasteiger partial charge is 0.374 e. The van der Waals surface area contributed by atoms with Crippen LogP contribution in [0.25, 0.3) is 0 Å². The van der Waals surface area contributed by atoms with Crippen molar-refractivity contribution in [1.82, 2.24) is 10.5 Å². The van der Waals surface area contributed by atoms with Gasteiger partial charge in [0.1, 0.15) is 0 Å². The lowest BCUT2D eigenvalue weighted by Crippen LogP contribution is -2.23. The van der Waals surface area contributed by atoms with Crippen molar-refractivity contribution < 1.29 is 19.2 Å². The molecular formula is C10H12N2O4. The number of hydrogen-bond donors (Lipinski definition) is 2. The first-order chi connectivity index (χ1) is 7.50. The van der Waals surface area contributed by atoms with Crippen LogP contribution in [0.1, 0.15) is 34.9 Å². The molecule has 0 fully saturated rings. The van der Waals surface area contributed by atoms with Crippen molar-refractivity contribution in [3.05, 3.63) is 29.2 Å². The van der Waals surface area contributed by atoms with Gasteiger partial charge in [-0.1, -0.05) is 16.8 Å². The second kappa shape index (κ2) is 5.11. The van der Waals surface area contributed by atoms with E-state index in [9.17, 15) is 9.59 Å². The number of aromatic carboxylic acids is 1. The molecule has 1 amide bonds. The van der Waals surface area contributed by atoms with E-state index in [1.165, 1.54) is 0 Å². The van der Waals surface area contributed by atoms with Crippen molar-refractivity contribution >= 4 is 11.9 Å². The Bertz CT molecular complexity index is 430. The van der Waals surface area contributed by atoms with Crippen LogP contribution in [-0.2, 0) is 0 Å². The van der Waals surface area contributed by atoms with Gasteiger partial charge in [0.15, 0.2) is 5.69 Å². The fourth-order valence-electron chi connectivity index (χ4n) is 0.921. The third kappa shape index (κ3) is 3.23. The van der Waals surface area contributed by atoms with Crippen LogP contribution >= 0.6 is 0 Å². The molecule has 0 saturated carbocycles. The predicted octanol–water partition coefficient (Wildman–Crippen LogP) is 1.07. The summed E-state index contributed by atoms with van der Waals surface area (Å²) >= 11 is 0. The number of carbonyl (C=O) groups excluding carboxylic acids is 1. The zero-order valence-corrected chi connectivity index (χ0v) is 8.98. The minimum atomic E-state index is -1.25. The molecule has 0 aromatic carbocycles. The highest BCUT2D eigenvalue weighted by molar-refractivity contribution is 5.94. The van der Waals surface area contributed by atoms with Gasteiger partial charge in [-0.15, -0.1) is 0 Å². The van der Waals surface area contributed by atoms with Crippen molar-refractivity contribution in [3.8, 4) is 0 Å². The first kappa shape index (κ1) is 12.0. The van der Waals surface area contributed by atoms with Gasteiger partial charge in [0, 0.05) is 12.6 Å². The van der Waals surface area contributed by atoms with E-state index in [0.717, 1.165) is 11.6 Å². The Kier molecular flexibility index (Phi) is 3.82. The van der Waals surface area contributed by atoms with Crippen LogP contribution in [-0.4, -0.2) is 28.7 Å². The molecule has 1 rings (SSSR count). The predicted molar refractivity (Wildman–Crippen MR) is 55.2 cm³/mol. The topological polar surface area (TPSA) is 92.4 Å². The maximum atomic E-state index is 11.4. The number of carboxylic acids is 1. The van der Waals surface area contributed by atoms with Crippen LogP contribution in [0.15, 0.2) is 22.2 Å². The lowest BCUT2D eigenvalue weighted by molar-refractivity contribution is 0.0651. The molecule has 6 heteroatoms. The van der Waals surface area contributed by atoms with Gasteiger partial charge in [0.05, 0.1) is 0 Å². The number of carboxylic acid groups (broad SMARTS) is 1. The Morgan fingerprint density at radius 2 is 2.25 bits per heavy atom. The largest absolute Gasteiger partial charge is 0.475 e. The Morgan fingerprint density at radius 3 is 2.75 bits per heavy atom. The SMILES string of the molecule is CC(C)=CCNC(=O)c1cc(C(=O)O)on1. The monoisotopic (exact) mass is 224 g/mol. The lowest BCUT2D eigenvalue weighted by Gasteiger charge is -1.97. The normalized spacial score (nSPS) is 9.62. The van der Waals surface area contributed by atoms with Crippen molar-refractivity contribution in [3.63, 3.8) is 0 Å². The summed E-state index contributed by atoms with van der Waals surface area (Å²) < 4.78 is 4.45. The lowest BCUT2D eigenvalue weighted by atomic mass is 10.3. The molecule has 0 aliphatic heterocycles. The molecule has 2 N–H and O–H groups in total. The highest BCUT2D eigenvalue weighted by Gasteiger charge is 2.15. The summed E-state index contributed by atoms with van der Waals surface area (Å²) in [5.74, 6) is -2.07. The number of carbonyl (C=O) groups is 2. The van der Waals surface area contributed by atoms with E-state index >= 15 is 0 Å². The minimum Gasteiger partial charge on any atom is -0.475 e. The highest BCUT2D eigenvalue weighted by Crippen LogP contribution is 2.03. The van der Waals surface area contributed by atoms with E-state index in [0.29, 0.717) is 6.54 Å². The first-order valence-electron chi connectivity index (χ1n) is 4.62. The van der Waals surface area contributed by atoms with Crippen molar-refractivity contribution in [1.29, 1.82) is 0 Å². The van der Waals surface area contributed by atoms with E-state index in [2.05, 4.69) is 15.0 Å². The number of aromatic nitrogens is 1. The third-order valence-electron chi connectivity index (χ3n) is 1.73. The Balaban J connectivity index is 2.59. The Morgan fingerprint density at radius 1 is 1.56 bits per heavy atom. The zero-order chi connectivity index (χ0) is 12.1. The molecule has 0 bridgehead atoms. The van der Waals surface area contributed by atoms with Gasteiger partial charge >= 0.3 is 5.97 Å². The van der Waals surface area contributed by atoms with Gasteiger partial charge in [-0.05, 0) is 13.8 Å². The van der Waals surface area contributed by atoms with Gasteiger partial charge in [-0.3, -0.25) is 4.79 Å². The van der Waals surface area contributed by atoms with Gasteiger partial charge in [-0.2, -0.15) is 0 Å². The summed E-state index contributed by atoms with van der Waals surface area (Å²) in [6, 6.07) is 1.08. The molecule has 0 atom stereocenters. The van der Waals surface area contributed by atoms with E-state index in [4.69, 9.17) is 5.11 Å². The van der Waals surface area contributed by atoms with Gasteiger partial charge in [0.2, 0.25) is 5.76 Å². The first-order valence-corrected chi connectivity index (χ1v) is 4.62. The number of allylic oxidation sites excluding steroid dienone is 1. The summed E-state index contributed by atoms with van der Waals surface area (Å²) in [6.07, 6.45) is 1.83. The van der Waals surface area contributed by atoms with Crippen LogP contribution in [0.5, 0.6) is 0 Å². The maximum Gasteiger partial charge on any atom is 0.374 e. The number of nitrogens with zero attached hydrogens (tertiary/aromatic N) is 1. The molecule has 1 aromatic rings. The van der Waals surface area contributed by atoms with Crippen molar-refractivity contribution in [2.75, 3.05) is 6.54 Å². The molecule has 16 heavy (non-hydrogen) atoms. The molecule has 0 aliphatic carbocycles. The van der Waals surface area contributed by atoms with Crippen LogP contribution < -0.4 is 5.32 Å². The van der Waals surface area contributed by atoms with E-state index in [1.807, 2.05) is 19.9 Å². The minimum absolute atomic E-state index is 0.0421. The van der Waals surface area contributed by atoms with Gasteiger partial charge in [-0.25, -0.2) is 4.79 Å². The molecule has 0 radical (unpaired) electrons. The molecule has 1 aromatic heterocycles.